The third kappa shape index (κ3) is 5.93. The maximum Gasteiger partial charge on any atom is 0.0713 e. The van der Waals surface area contributed by atoms with E-state index in [4.69, 9.17) is 4.74 Å². The molecule has 0 amide bonds. The van der Waals surface area contributed by atoms with E-state index in [2.05, 4.69) is 0 Å². The fourth-order valence-corrected chi connectivity index (χ4v) is 0.741. The zero-order chi connectivity index (χ0) is 8.53. The summed E-state index contributed by atoms with van der Waals surface area (Å²) in [4.78, 5) is 0. The fourth-order valence-electron chi connectivity index (χ4n) is 0.741. The Bertz CT molecular complexity index is 158. The van der Waals surface area contributed by atoms with Gasteiger partial charge in [0.25, 0.3) is 0 Å². The van der Waals surface area contributed by atoms with Crippen LogP contribution in [0.25, 0.3) is 0 Å². The van der Waals surface area contributed by atoms with E-state index in [-0.39, 0.29) is 7.43 Å². The Morgan fingerprint density at radius 1 is 1.08 bits per heavy atom. The minimum atomic E-state index is 0. The minimum absolute atomic E-state index is 0. The second-order valence-corrected chi connectivity index (χ2v) is 1.92. The molecule has 0 heterocycles. The van der Waals surface area contributed by atoms with Gasteiger partial charge < -0.3 is 4.74 Å². The molecule has 1 aromatic rings. The molecule has 0 saturated heterocycles. The Kier molecular flexibility index (Phi) is 11.7. The molecule has 1 heteroatoms. The Morgan fingerprint density at radius 3 is 2.00 bits per heavy atom. The summed E-state index contributed by atoms with van der Waals surface area (Å²) in [7, 11) is 1.70. The molecule has 12 heavy (non-hydrogen) atoms. The highest BCUT2D eigenvalue weighted by atomic mass is 16.5. The molecule has 0 unspecified atom stereocenters. The van der Waals surface area contributed by atoms with Crippen LogP contribution in [0.4, 0.5) is 0 Å². The average molecular weight is 168 g/mol. The van der Waals surface area contributed by atoms with Crippen LogP contribution in [0, 0.1) is 0 Å². The number of hydrogen-bond donors (Lipinski definition) is 0. The van der Waals surface area contributed by atoms with E-state index >= 15 is 0 Å². The van der Waals surface area contributed by atoms with Gasteiger partial charge in [0, 0.05) is 7.11 Å². The molecule has 0 bridgehead atoms. The summed E-state index contributed by atoms with van der Waals surface area (Å²) >= 11 is 0. The van der Waals surface area contributed by atoms with Crippen molar-refractivity contribution in [3.63, 3.8) is 0 Å². The van der Waals surface area contributed by atoms with Crippen molar-refractivity contribution in [2.45, 2.75) is 27.9 Å². The summed E-state index contributed by atoms with van der Waals surface area (Å²) in [5.74, 6) is 0. The molecule has 0 aliphatic carbocycles. The lowest BCUT2D eigenvalue weighted by Gasteiger charge is -1.95. The van der Waals surface area contributed by atoms with Gasteiger partial charge in [-0.25, -0.2) is 0 Å². The predicted molar refractivity (Wildman–Crippen MR) is 55.2 cm³/mol. The molecule has 0 saturated carbocycles. The van der Waals surface area contributed by atoms with Crippen LogP contribution >= 0.6 is 0 Å². The van der Waals surface area contributed by atoms with Gasteiger partial charge in [0.15, 0.2) is 0 Å². The number of methoxy groups -OCH3 is 1. The monoisotopic (exact) mass is 168 g/mol. The van der Waals surface area contributed by atoms with Crippen molar-refractivity contribution in [1.82, 2.24) is 0 Å². The molecular weight excluding hydrogens is 148 g/mol. The van der Waals surface area contributed by atoms with Crippen LogP contribution in [-0.4, -0.2) is 7.11 Å². The van der Waals surface area contributed by atoms with Crippen LogP contribution in [0.2, 0.25) is 0 Å². The molecule has 0 atom stereocenters. The molecule has 0 fully saturated rings. The molecule has 1 rings (SSSR count). The van der Waals surface area contributed by atoms with E-state index in [9.17, 15) is 0 Å². The van der Waals surface area contributed by atoms with Gasteiger partial charge in [-0.15, -0.1) is 0 Å². The summed E-state index contributed by atoms with van der Waals surface area (Å²) < 4.78 is 4.93. The number of rotatable bonds is 2. The molecule has 0 aromatic heterocycles. The van der Waals surface area contributed by atoms with Crippen molar-refractivity contribution in [2.24, 2.45) is 0 Å². The number of benzene rings is 1. The van der Waals surface area contributed by atoms with E-state index in [0.29, 0.717) is 6.61 Å². The Labute approximate surface area is 76.4 Å². The summed E-state index contributed by atoms with van der Waals surface area (Å²) in [6.07, 6.45) is 0. The van der Waals surface area contributed by atoms with E-state index < -0.39 is 0 Å². The number of hydrogen-bond acceptors (Lipinski definition) is 1. The predicted octanol–water partition coefficient (Wildman–Crippen LogP) is 3.50. The van der Waals surface area contributed by atoms with E-state index in [1.54, 1.807) is 7.11 Å². The van der Waals surface area contributed by atoms with Crippen LogP contribution in [0.3, 0.4) is 0 Å². The maximum atomic E-state index is 4.93. The van der Waals surface area contributed by atoms with Crippen molar-refractivity contribution in [3.05, 3.63) is 35.9 Å². The first-order chi connectivity index (χ1) is 5.43. The standard InChI is InChI=1S/C8H10O.C2H6.CH4/c1-9-7-8-5-3-2-4-6-8;1-2;/h2-6H,7H2,1H3;1-2H3;1H4. The molecule has 0 aliphatic heterocycles. The topological polar surface area (TPSA) is 9.23 Å². The quantitative estimate of drug-likeness (QED) is 0.656. The molecule has 1 aromatic carbocycles. The minimum Gasteiger partial charge on any atom is -0.380 e. The van der Waals surface area contributed by atoms with Crippen LogP contribution in [0.15, 0.2) is 30.3 Å². The van der Waals surface area contributed by atoms with E-state index in [1.807, 2.05) is 44.2 Å². The Morgan fingerprint density at radius 2 is 1.58 bits per heavy atom. The Balaban J connectivity index is 0. The summed E-state index contributed by atoms with van der Waals surface area (Å²) in [6, 6.07) is 10.1. The lowest BCUT2D eigenvalue weighted by molar-refractivity contribution is 0.185. The maximum absolute atomic E-state index is 4.93. The van der Waals surface area contributed by atoms with E-state index in [0.717, 1.165) is 0 Å². The molecule has 0 spiro atoms. The van der Waals surface area contributed by atoms with Crippen molar-refractivity contribution >= 4 is 0 Å². The van der Waals surface area contributed by atoms with Gasteiger partial charge in [-0.1, -0.05) is 51.6 Å². The van der Waals surface area contributed by atoms with Crippen molar-refractivity contribution < 1.29 is 4.74 Å². The van der Waals surface area contributed by atoms with Crippen molar-refractivity contribution in [2.75, 3.05) is 7.11 Å². The first-order valence-electron chi connectivity index (χ1n) is 3.96. The van der Waals surface area contributed by atoms with Gasteiger partial charge in [0.2, 0.25) is 0 Å². The zero-order valence-electron chi connectivity index (χ0n) is 7.50. The smallest absolute Gasteiger partial charge is 0.0713 e. The highest BCUT2D eigenvalue weighted by molar-refractivity contribution is 5.13. The normalized spacial score (nSPS) is 7.58. The second kappa shape index (κ2) is 10.2. The second-order valence-electron chi connectivity index (χ2n) is 1.92. The van der Waals surface area contributed by atoms with Crippen LogP contribution in [0.1, 0.15) is 26.8 Å². The average Bonchev–Trinajstić information content (AvgIpc) is 2.11. The molecule has 70 valence electrons. The zero-order valence-corrected chi connectivity index (χ0v) is 7.50. The first kappa shape index (κ1) is 13.7. The van der Waals surface area contributed by atoms with Crippen LogP contribution in [0.5, 0.6) is 0 Å². The van der Waals surface area contributed by atoms with Gasteiger partial charge in [-0.3, -0.25) is 0 Å². The largest absolute Gasteiger partial charge is 0.380 e. The van der Waals surface area contributed by atoms with Gasteiger partial charge in [-0.05, 0) is 5.56 Å². The van der Waals surface area contributed by atoms with Gasteiger partial charge in [0.05, 0.1) is 6.61 Å². The lowest BCUT2D eigenvalue weighted by Crippen LogP contribution is -1.84. The summed E-state index contributed by atoms with van der Waals surface area (Å²) in [6.45, 7) is 4.71. The molecule has 0 aliphatic rings. The van der Waals surface area contributed by atoms with Gasteiger partial charge in [-0.2, -0.15) is 0 Å². The summed E-state index contributed by atoms with van der Waals surface area (Å²) in [5.41, 5.74) is 1.22. The highest BCUT2D eigenvalue weighted by Crippen LogP contribution is 1.98. The summed E-state index contributed by atoms with van der Waals surface area (Å²) in [5, 5.41) is 0. The SMILES string of the molecule is C.CC.COCc1ccccc1. The fraction of sp³-hybridized carbons (Fsp3) is 0.455. The molecular formula is C11H20O. The third-order valence-corrected chi connectivity index (χ3v) is 1.15. The lowest BCUT2D eigenvalue weighted by atomic mass is 10.2. The molecule has 1 nitrogen and oxygen atoms in total. The van der Waals surface area contributed by atoms with Gasteiger partial charge >= 0.3 is 0 Å². The molecule has 0 N–H and O–H groups in total. The van der Waals surface area contributed by atoms with Crippen LogP contribution < -0.4 is 0 Å². The van der Waals surface area contributed by atoms with Crippen molar-refractivity contribution in [1.29, 1.82) is 0 Å². The molecule has 0 radical (unpaired) electrons. The highest BCUT2D eigenvalue weighted by Gasteiger charge is 1.84. The first-order valence-corrected chi connectivity index (χ1v) is 3.96. The number of ether oxygens (including phenoxy) is 1. The van der Waals surface area contributed by atoms with Crippen LogP contribution in [-0.2, 0) is 11.3 Å². The van der Waals surface area contributed by atoms with E-state index in [1.165, 1.54) is 5.56 Å². The Hall–Kier alpha value is -0.820. The van der Waals surface area contributed by atoms with Crippen molar-refractivity contribution in [3.8, 4) is 0 Å². The third-order valence-electron chi connectivity index (χ3n) is 1.15. The van der Waals surface area contributed by atoms with Gasteiger partial charge in [0.1, 0.15) is 0 Å².